The maximum atomic E-state index is 13.3. The van der Waals surface area contributed by atoms with Crippen molar-refractivity contribution in [1.82, 2.24) is 5.32 Å². The van der Waals surface area contributed by atoms with Crippen molar-refractivity contribution in [2.75, 3.05) is 12.4 Å². The van der Waals surface area contributed by atoms with Crippen LogP contribution in [0.4, 0.5) is 10.1 Å². The zero-order valence-electron chi connectivity index (χ0n) is 13.5. The van der Waals surface area contributed by atoms with E-state index in [0.29, 0.717) is 17.0 Å². The third kappa shape index (κ3) is 3.55. The molecule has 1 unspecified atom stereocenters. The number of carbonyl (C=O) groups excluding carboxylic acids is 2. The third-order valence-electron chi connectivity index (χ3n) is 4.08. The summed E-state index contributed by atoms with van der Waals surface area (Å²) in [6.45, 7) is 0.212. The average molecular weight is 344 g/mol. The number of fused-ring (bicyclic) bond motifs is 1. The number of ether oxygens (including phenoxy) is 1. The van der Waals surface area contributed by atoms with Gasteiger partial charge in [0.2, 0.25) is 11.8 Å². The fourth-order valence-corrected chi connectivity index (χ4v) is 2.82. The molecular weight excluding hydrogens is 327 g/mol. The van der Waals surface area contributed by atoms with Crippen LogP contribution in [0.5, 0.6) is 11.5 Å². The number of rotatable bonds is 4. The first-order chi connectivity index (χ1) is 12.0. The lowest BCUT2D eigenvalue weighted by Gasteiger charge is -2.25. The van der Waals surface area contributed by atoms with E-state index in [0.717, 1.165) is 5.56 Å². The second-order valence-corrected chi connectivity index (χ2v) is 5.76. The molecular formula is C18H17FN2O4. The Balaban J connectivity index is 1.75. The number of phenolic OH excluding ortho intramolecular Hbond substituents is 1. The van der Waals surface area contributed by atoms with Gasteiger partial charge >= 0.3 is 0 Å². The van der Waals surface area contributed by atoms with Gasteiger partial charge in [-0.3, -0.25) is 9.59 Å². The topological polar surface area (TPSA) is 87.7 Å². The molecule has 2 aromatic carbocycles. The van der Waals surface area contributed by atoms with E-state index in [1.165, 1.54) is 31.4 Å². The Labute approximate surface area is 143 Å². The molecule has 0 radical (unpaired) electrons. The van der Waals surface area contributed by atoms with Gasteiger partial charge in [-0.2, -0.15) is 0 Å². The van der Waals surface area contributed by atoms with Gasteiger partial charge in [0.15, 0.2) is 11.5 Å². The zero-order valence-corrected chi connectivity index (χ0v) is 13.5. The molecule has 2 aromatic rings. The fourth-order valence-electron chi connectivity index (χ4n) is 2.82. The SMILES string of the molecule is COc1cc(CNC(=O)C2CC(=O)Nc3cc(F)ccc32)ccc1O. The van der Waals surface area contributed by atoms with E-state index in [9.17, 15) is 19.1 Å². The fraction of sp³-hybridized carbons (Fsp3) is 0.222. The highest BCUT2D eigenvalue weighted by atomic mass is 19.1. The van der Waals surface area contributed by atoms with Crippen molar-refractivity contribution in [3.63, 3.8) is 0 Å². The minimum Gasteiger partial charge on any atom is -0.504 e. The summed E-state index contributed by atoms with van der Waals surface area (Å²) in [5.41, 5.74) is 1.65. The average Bonchev–Trinajstić information content (AvgIpc) is 2.59. The van der Waals surface area contributed by atoms with Crippen LogP contribution in [0.25, 0.3) is 0 Å². The number of carbonyl (C=O) groups is 2. The number of amides is 2. The van der Waals surface area contributed by atoms with Gasteiger partial charge in [-0.05, 0) is 35.4 Å². The number of nitrogens with one attached hydrogen (secondary N) is 2. The highest BCUT2D eigenvalue weighted by Crippen LogP contribution is 2.33. The van der Waals surface area contributed by atoms with E-state index in [2.05, 4.69) is 10.6 Å². The number of anilines is 1. The molecule has 0 spiro atoms. The van der Waals surface area contributed by atoms with Gasteiger partial charge in [0, 0.05) is 18.7 Å². The zero-order chi connectivity index (χ0) is 18.0. The molecule has 3 N–H and O–H groups in total. The number of halogens is 1. The Morgan fingerprint density at radius 2 is 2.16 bits per heavy atom. The van der Waals surface area contributed by atoms with Gasteiger partial charge in [0.25, 0.3) is 0 Å². The Kier molecular flexibility index (Phi) is 4.56. The maximum Gasteiger partial charge on any atom is 0.228 e. The highest BCUT2D eigenvalue weighted by Gasteiger charge is 2.30. The van der Waals surface area contributed by atoms with Crippen molar-refractivity contribution >= 4 is 17.5 Å². The number of hydrogen-bond donors (Lipinski definition) is 3. The Morgan fingerprint density at radius 3 is 2.92 bits per heavy atom. The normalized spacial score (nSPS) is 15.9. The predicted molar refractivity (Wildman–Crippen MR) is 88.9 cm³/mol. The van der Waals surface area contributed by atoms with E-state index in [1.807, 2.05) is 0 Å². The molecule has 1 atom stereocenters. The second kappa shape index (κ2) is 6.80. The lowest BCUT2D eigenvalue weighted by atomic mass is 9.89. The quantitative estimate of drug-likeness (QED) is 0.794. The molecule has 6 nitrogen and oxygen atoms in total. The third-order valence-corrected chi connectivity index (χ3v) is 4.08. The summed E-state index contributed by atoms with van der Waals surface area (Å²) in [7, 11) is 1.44. The molecule has 25 heavy (non-hydrogen) atoms. The second-order valence-electron chi connectivity index (χ2n) is 5.76. The molecule has 0 saturated heterocycles. The van der Waals surface area contributed by atoms with Crippen LogP contribution in [0.15, 0.2) is 36.4 Å². The molecule has 1 heterocycles. The molecule has 3 rings (SSSR count). The maximum absolute atomic E-state index is 13.3. The number of phenols is 1. The molecule has 0 saturated carbocycles. The Bertz CT molecular complexity index is 838. The highest BCUT2D eigenvalue weighted by molar-refractivity contribution is 6.01. The van der Waals surface area contributed by atoms with E-state index < -0.39 is 11.7 Å². The molecule has 0 fully saturated rings. The van der Waals surface area contributed by atoms with E-state index in [4.69, 9.17) is 4.74 Å². The summed E-state index contributed by atoms with van der Waals surface area (Å²) in [5, 5.41) is 14.9. The van der Waals surface area contributed by atoms with Crippen LogP contribution in [0.2, 0.25) is 0 Å². The van der Waals surface area contributed by atoms with Gasteiger partial charge < -0.3 is 20.5 Å². The first-order valence-electron chi connectivity index (χ1n) is 7.71. The minimum absolute atomic E-state index is 0.00334. The van der Waals surface area contributed by atoms with E-state index in [-0.39, 0.29) is 30.5 Å². The molecule has 7 heteroatoms. The summed E-state index contributed by atoms with van der Waals surface area (Å²) in [6.07, 6.45) is 0.00334. The molecule has 130 valence electrons. The number of benzene rings is 2. The van der Waals surface area contributed by atoms with E-state index in [1.54, 1.807) is 12.1 Å². The van der Waals surface area contributed by atoms with Crippen LogP contribution in [0.1, 0.15) is 23.5 Å². The Morgan fingerprint density at radius 1 is 1.36 bits per heavy atom. The Hall–Kier alpha value is -3.09. The summed E-state index contributed by atoms with van der Waals surface area (Å²) in [6, 6.07) is 8.74. The molecule has 2 amide bonds. The minimum atomic E-state index is -0.677. The summed E-state index contributed by atoms with van der Waals surface area (Å²) < 4.78 is 18.4. The number of aromatic hydroxyl groups is 1. The van der Waals surface area contributed by atoms with Crippen LogP contribution >= 0.6 is 0 Å². The molecule has 1 aliphatic rings. The number of hydrogen-bond acceptors (Lipinski definition) is 4. The van der Waals surface area contributed by atoms with Gasteiger partial charge in [0.05, 0.1) is 13.0 Å². The standard InChI is InChI=1S/C18H17FN2O4/c1-25-16-6-10(2-5-15(16)22)9-20-18(24)13-8-17(23)21-14-7-11(19)3-4-12(13)14/h2-7,13,22H,8-9H2,1H3,(H,20,24)(H,21,23). The molecule has 1 aliphatic heterocycles. The molecule has 0 aromatic heterocycles. The van der Waals surface area contributed by atoms with Gasteiger partial charge in [-0.1, -0.05) is 12.1 Å². The van der Waals surface area contributed by atoms with Crippen molar-refractivity contribution < 1.29 is 23.8 Å². The van der Waals surface area contributed by atoms with Crippen molar-refractivity contribution in [2.45, 2.75) is 18.9 Å². The van der Waals surface area contributed by atoms with Crippen LogP contribution in [-0.4, -0.2) is 24.0 Å². The van der Waals surface area contributed by atoms with E-state index >= 15 is 0 Å². The summed E-state index contributed by atoms with van der Waals surface area (Å²) >= 11 is 0. The molecule has 0 bridgehead atoms. The monoisotopic (exact) mass is 344 g/mol. The lowest BCUT2D eigenvalue weighted by Crippen LogP contribution is -2.34. The van der Waals surface area contributed by atoms with Crippen LogP contribution in [-0.2, 0) is 16.1 Å². The van der Waals surface area contributed by atoms with Gasteiger partial charge in [0.1, 0.15) is 5.82 Å². The van der Waals surface area contributed by atoms with Crippen molar-refractivity contribution in [3.8, 4) is 11.5 Å². The van der Waals surface area contributed by atoms with Gasteiger partial charge in [-0.25, -0.2) is 4.39 Å². The van der Waals surface area contributed by atoms with Crippen molar-refractivity contribution in [2.24, 2.45) is 0 Å². The first-order valence-corrected chi connectivity index (χ1v) is 7.71. The lowest BCUT2D eigenvalue weighted by molar-refractivity contribution is -0.126. The van der Waals surface area contributed by atoms with Crippen molar-refractivity contribution in [1.29, 1.82) is 0 Å². The largest absolute Gasteiger partial charge is 0.504 e. The number of methoxy groups -OCH3 is 1. The summed E-state index contributed by atoms with van der Waals surface area (Å²) in [4.78, 5) is 24.3. The van der Waals surface area contributed by atoms with Gasteiger partial charge in [-0.15, -0.1) is 0 Å². The first kappa shape index (κ1) is 16.8. The smallest absolute Gasteiger partial charge is 0.228 e. The predicted octanol–water partition coefficient (Wildman–Crippen LogP) is 2.28. The summed E-state index contributed by atoms with van der Waals surface area (Å²) in [5.74, 6) is -1.49. The van der Waals surface area contributed by atoms with Crippen LogP contribution in [0.3, 0.4) is 0 Å². The van der Waals surface area contributed by atoms with Crippen molar-refractivity contribution in [3.05, 3.63) is 53.3 Å². The van der Waals surface area contributed by atoms with Crippen LogP contribution in [0, 0.1) is 5.82 Å². The van der Waals surface area contributed by atoms with Crippen LogP contribution < -0.4 is 15.4 Å². The molecule has 0 aliphatic carbocycles.